The number of halogens is 5. The zero-order valence-corrected chi connectivity index (χ0v) is 22.2. The summed E-state index contributed by atoms with van der Waals surface area (Å²) in [6.07, 6.45) is -2.17. The number of aromatic nitrogens is 3. The third-order valence-corrected chi connectivity index (χ3v) is 7.23. The Morgan fingerprint density at radius 3 is 2.56 bits per heavy atom. The van der Waals surface area contributed by atoms with Crippen LogP contribution in [0.2, 0.25) is 5.02 Å². The van der Waals surface area contributed by atoms with Gasteiger partial charge in [-0.15, -0.1) is 0 Å². The van der Waals surface area contributed by atoms with Crippen molar-refractivity contribution in [2.75, 3.05) is 11.9 Å². The Kier molecular flexibility index (Phi) is 7.52. The molecular weight excluding hydrogens is 566 g/mol. The second-order valence-corrected chi connectivity index (χ2v) is 10.0. The molecule has 1 N–H and O–H groups in total. The molecule has 3 heterocycles. The zero-order chi connectivity index (χ0) is 29.5. The first-order valence-corrected chi connectivity index (χ1v) is 12.8. The van der Waals surface area contributed by atoms with Crippen LogP contribution in [-0.4, -0.2) is 56.0 Å². The monoisotopic (exact) mass is 587 g/mol. The van der Waals surface area contributed by atoms with Crippen LogP contribution in [0.25, 0.3) is 22.0 Å². The summed E-state index contributed by atoms with van der Waals surface area (Å²) in [5, 5.41) is 9.77. The van der Waals surface area contributed by atoms with Crippen molar-refractivity contribution in [3.63, 3.8) is 0 Å². The number of benzene rings is 2. The molecule has 2 amide bonds. The van der Waals surface area contributed by atoms with Gasteiger partial charge in [0.05, 0.1) is 35.2 Å². The van der Waals surface area contributed by atoms with Gasteiger partial charge in [-0.05, 0) is 42.8 Å². The molecule has 8 nitrogen and oxygen atoms in total. The van der Waals surface area contributed by atoms with Crippen LogP contribution in [-0.2, 0) is 22.3 Å². The van der Waals surface area contributed by atoms with E-state index in [4.69, 9.17) is 11.6 Å². The van der Waals surface area contributed by atoms with E-state index < -0.39 is 53.0 Å². The lowest BCUT2D eigenvalue weighted by Crippen LogP contribution is -2.44. The van der Waals surface area contributed by atoms with E-state index in [1.165, 1.54) is 30.0 Å². The summed E-state index contributed by atoms with van der Waals surface area (Å²) in [5.41, 5.74) is 0.632. The molecule has 1 fully saturated rings. The molecule has 0 aliphatic carbocycles. The molecule has 1 aliphatic rings. The Morgan fingerprint density at radius 1 is 1.10 bits per heavy atom. The topological polar surface area (TPSA) is 97.2 Å². The van der Waals surface area contributed by atoms with Gasteiger partial charge < -0.3 is 14.8 Å². The maximum atomic E-state index is 14.5. The molecule has 1 saturated heterocycles. The van der Waals surface area contributed by atoms with Crippen molar-refractivity contribution in [1.29, 1.82) is 0 Å². The van der Waals surface area contributed by atoms with Crippen molar-refractivity contribution < 1.29 is 31.9 Å². The summed E-state index contributed by atoms with van der Waals surface area (Å²) in [6.45, 7) is 0.652. The van der Waals surface area contributed by atoms with E-state index in [0.29, 0.717) is 16.5 Å². The number of rotatable bonds is 6. The first-order chi connectivity index (χ1) is 19.4. The average molecular weight is 588 g/mol. The van der Waals surface area contributed by atoms with E-state index in [1.807, 2.05) is 0 Å². The molecule has 41 heavy (non-hydrogen) atoms. The molecule has 2 aromatic heterocycles. The quantitative estimate of drug-likeness (QED) is 0.236. The van der Waals surface area contributed by atoms with Crippen LogP contribution >= 0.6 is 11.6 Å². The minimum absolute atomic E-state index is 0.240. The van der Waals surface area contributed by atoms with Crippen molar-refractivity contribution in [2.45, 2.75) is 38.3 Å². The maximum absolute atomic E-state index is 14.5. The number of alkyl halides is 4. The fraction of sp³-hybridized carbons (Fsp3) is 0.250. The fourth-order valence-corrected chi connectivity index (χ4v) is 5.31. The molecule has 2 aromatic carbocycles. The minimum atomic E-state index is -4.85. The predicted molar refractivity (Wildman–Crippen MR) is 143 cm³/mol. The number of nitrogens with zero attached hydrogens (tertiary/aromatic N) is 4. The number of nitrogens with one attached hydrogen (secondary N) is 1. The Morgan fingerprint density at radius 2 is 1.88 bits per heavy atom. The van der Waals surface area contributed by atoms with Crippen LogP contribution in [0.15, 0.2) is 61.1 Å². The summed E-state index contributed by atoms with van der Waals surface area (Å²) in [7, 11) is 0. The highest BCUT2D eigenvalue weighted by molar-refractivity contribution is 6.32. The van der Waals surface area contributed by atoms with Crippen LogP contribution in [0, 0.1) is 0 Å². The maximum Gasteiger partial charge on any atom is 0.419 e. The normalized spacial score (nSPS) is 17.2. The van der Waals surface area contributed by atoms with E-state index in [1.54, 1.807) is 30.5 Å². The number of amides is 2. The summed E-state index contributed by atoms with van der Waals surface area (Å²) in [5.74, 6) is -1.85. The third kappa shape index (κ3) is 5.64. The SMILES string of the molecule is CC(=O)c1cn(CC(=O)N2C[C@H](F)C[C@H]2C(=O)Nc2cccc(Cl)c2C(F)(F)F)c2ccc(-c3ccnnc3)cc12. The average Bonchev–Trinajstić information content (AvgIpc) is 3.49. The van der Waals surface area contributed by atoms with Crippen molar-refractivity contribution in [3.05, 3.63) is 77.2 Å². The van der Waals surface area contributed by atoms with Crippen LogP contribution in [0.1, 0.15) is 29.3 Å². The smallest absolute Gasteiger partial charge is 0.337 e. The Balaban J connectivity index is 1.41. The molecule has 5 rings (SSSR count). The molecule has 4 aromatic rings. The largest absolute Gasteiger partial charge is 0.419 e. The van der Waals surface area contributed by atoms with Crippen molar-refractivity contribution in [1.82, 2.24) is 19.7 Å². The van der Waals surface area contributed by atoms with E-state index in [2.05, 4.69) is 15.5 Å². The minimum Gasteiger partial charge on any atom is -0.337 e. The molecule has 0 spiro atoms. The highest BCUT2D eigenvalue weighted by Crippen LogP contribution is 2.40. The molecule has 0 bridgehead atoms. The molecule has 0 radical (unpaired) electrons. The standard InChI is InChI=1S/C28H22ClF4N5O3/c1-15(39)20-13-37(23-6-5-16(9-19(20)23)17-7-8-34-35-11-17)14-25(40)38-12-18(30)10-24(38)27(41)36-22-4-2-3-21(29)26(22)28(31,32)33/h2-9,11,13,18,24H,10,12,14H2,1H3,(H,36,41)/t18-,24+/m1/s1. The number of carbonyl (C=O) groups is 3. The number of likely N-dealkylation sites (tertiary alicyclic amines) is 1. The molecule has 212 valence electrons. The van der Waals surface area contributed by atoms with E-state index in [9.17, 15) is 31.9 Å². The van der Waals surface area contributed by atoms with Crippen LogP contribution < -0.4 is 5.32 Å². The predicted octanol–water partition coefficient (Wildman–Crippen LogP) is 5.55. The van der Waals surface area contributed by atoms with Gasteiger partial charge in [-0.1, -0.05) is 23.7 Å². The lowest BCUT2D eigenvalue weighted by Gasteiger charge is -2.25. The van der Waals surface area contributed by atoms with Gasteiger partial charge in [0.25, 0.3) is 0 Å². The Hall–Kier alpha value is -4.32. The summed E-state index contributed by atoms with van der Waals surface area (Å²) in [4.78, 5) is 39.9. The highest BCUT2D eigenvalue weighted by Gasteiger charge is 2.42. The third-order valence-electron chi connectivity index (χ3n) is 6.91. The van der Waals surface area contributed by atoms with Crippen molar-refractivity contribution in [3.8, 4) is 11.1 Å². The highest BCUT2D eigenvalue weighted by atomic mass is 35.5. The molecular formula is C28H22ClF4N5O3. The van der Waals surface area contributed by atoms with Crippen LogP contribution in [0.4, 0.5) is 23.2 Å². The number of Topliss-reactive ketones (excluding diaryl/α,β-unsaturated/α-hetero) is 1. The van der Waals surface area contributed by atoms with Gasteiger partial charge in [-0.25, -0.2) is 4.39 Å². The number of carbonyl (C=O) groups excluding carboxylic acids is 3. The van der Waals surface area contributed by atoms with Gasteiger partial charge in [-0.2, -0.15) is 23.4 Å². The molecule has 1 aliphatic heterocycles. The zero-order valence-electron chi connectivity index (χ0n) is 21.5. The van der Waals surface area contributed by atoms with Gasteiger partial charge in [0, 0.05) is 34.6 Å². The van der Waals surface area contributed by atoms with Gasteiger partial charge in [0.15, 0.2) is 5.78 Å². The van der Waals surface area contributed by atoms with Crippen molar-refractivity contribution in [2.24, 2.45) is 0 Å². The van der Waals surface area contributed by atoms with Gasteiger partial charge in [0.2, 0.25) is 11.8 Å². The second-order valence-electron chi connectivity index (χ2n) is 9.63. The van der Waals surface area contributed by atoms with Gasteiger partial charge in [-0.3, -0.25) is 14.4 Å². The van der Waals surface area contributed by atoms with Gasteiger partial charge in [0.1, 0.15) is 18.8 Å². The number of hydrogen-bond acceptors (Lipinski definition) is 5. The van der Waals surface area contributed by atoms with Crippen molar-refractivity contribution >= 4 is 45.8 Å². The number of hydrogen-bond donors (Lipinski definition) is 1. The summed E-state index contributed by atoms with van der Waals surface area (Å²) >= 11 is 5.74. The fourth-order valence-electron chi connectivity index (χ4n) is 5.03. The first kappa shape index (κ1) is 28.2. The summed E-state index contributed by atoms with van der Waals surface area (Å²) in [6, 6.07) is 9.03. The van der Waals surface area contributed by atoms with E-state index in [-0.39, 0.29) is 18.7 Å². The van der Waals surface area contributed by atoms with E-state index >= 15 is 0 Å². The lowest BCUT2D eigenvalue weighted by atomic mass is 10.0. The Bertz CT molecular complexity index is 1660. The molecule has 13 heteroatoms. The molecule has 2 atom stereocenters. The number of anilines is 1. The van der Waals surface area contributed by atoms with Gasteiger partial charge >= 0.3 is 6.18 Å². The number of ketones is 1. The summed E-state index contributed by atoms with van der Waals surface area (Å²) < 4.78 is 56.7. The van der Waals surface area contributed by atoms with E-state index in [0.717, 1.165) is 28.2 Å². The molecule has 0 unspecified atom stereocenters. The van der Waals surface area contributed by atoms with Crippen LogP contribution in [0.3, 0.4) is 0 Å². The van der Waals surface area contributed by atoms with Crippen LogP contribution in [0.5, 0.6) is 0 Å². The first-order valence-electron chi connectivity index (χ1n) is 12.4. The molecule has 0 saturated carbocycles. The number of fused-ring (bicyclic) bond motifs is 1. The second kappa shape index (κ2) is 10.9. The Labute approximate surface area is 235 Å². The lowest BCUT2D eigenvalue weighted by molar-refractivity contribution is -0.138.